The van der Waals surface area contributed by atoms with Crippen LogP contribution in [0.25, 0.3) is 0 Å². The molecule has 2 heterocycles. The van der Waals surface area contributed by atoms with Gasteiger partial charge in [-0.05, 0) is 38.5 Å². The van der Waals surface area contributed by atoms with Crippen LogP contribution in [0.15, 0.2) is 24.0 Å². The lowest BCUT2D eigenvalue weighted by molar-refractivity contribution is 0.213. The van der Waals surface area contributed by atoms with Gasteiger partial charge in [-0.25, -0.2) is 16.8 Å². The molecular formula is C17H30N2O4S2. The number of piperidine rings is 2. The van der Waals surface area contributed by atoms with Crippen molar-refractivity contribution in [1.82, 2.24) is 8.61 Å². The summed E-state index contributed by atoms with van der Waals surface area (Å²) in [5.74, 6) is 0. The third-order valence-corrected chi connectivity index (χ3v) is 8.41. The van der Waals surface area contributed by atoms with Crippen molar-refractivity contribution < 1.29 is 16.8 Å². The molecule has 0 aromatic rings. The summed E-state index contributed by atoms with van der Waals surface area (Å²) in [4.78, 5) is 0. The van der Waals surface area contributed by atoms with Crippen LogP contribution >= 0.6 is 0 Å². The number of nitrogens with zero attached hydrogens (tertiary/aromatic N) is 2. The first-order chi connectivity index (χ1) is 11.8. The van der Waals surface area contributed by atoms with Crippen LogP contribution in [0, 0.1) is 0 Å². The summed E-state index contributed by atoms with van der Waals surface area (Å²) in [6.45, 7) is 7.97. The molecule has 0 saturated carbocycles. The number of sulfonamides is 2. The molecule has 0 N–H and O–H groups in total. The monoisotopic (exact) mass is 390 g/mol. The molecule has 2 aliphatic heterocycles. The summed E-state index contributed by atoms with van der Waals surface area (Å²) in [5.41, 5.74) is 0. The average molecular weight is 391 g/mol. The van der Waals surface area contributed by atoms with Crippen LogP contribution in [0.2, 0.25) is 0 Å². The maximum absolute atomic E-state index is 12.2. The third-order valence-electron chi connectivity index (χ3n) is 5.30. The van der Waals surface area contributed by atoms with Crippen LogP contribution in [0.1, 0.15) is 57.8 Å². The average Bonchev–Trinajstić information content (AvgIpc) is 2.62. The molecule has 0 aromatic heterocycles. The van der Waals surface area contributed by atoms with Crippen LogP contribution in [0.5, 0.6) is 0 Å². The maximum Gasteiger partial charge on any atom is 0.235 e. The van der Waals surface area contributed by atoms with E-state index in [9.17, 15) is 16.8 Å². The Hall–Kier alpha value is -0.700. The highest BCUT2D eigenvalue weighted by Gasteiger charge is 2.32. The van der Waals surface area contributed by atoms with Gasteiger partial charge in [0.2, 0.25) is 20.0 Å². The second kappa shape index (κ2) is 8.79. The topological polar surface area (TPSA) is 74.8 Å². The fraction of sp³-hybridized carbons (Fsp3) is 0.765. The van der Waals surface area contributed by atoms with Crippen molar-refractivity contribution in [3.05, 3.63) is 24.0 Å². The van der Waals surface area contributed by atoms with E-state index in [4.69, 9.17) is 0 Å². The zero-order chi connectivity index (χ0) is 18.5. The van der Waals surface area contributed by atoms with Crippen molar-refractivity contribution in [2.24, 2.45) is 0 Å². The first-order valence-corrected chi connectivity index (χ1v) is 12.1. The molecule has 2 aliphatic rings. The van der Waals surface area contributed by atoms with E-state index in [1.54, 1.807) is 8.61 Å². The predicted octanol–water partition coefficient (Wildman–Crippen LogP) is 2.81. The Morgan fingerprint density at radius 3 is 1.52 bits per heavy atom. The SMILES string of the molecule is C=CS(=O)(=O)N1CCCCC1CCCC1CCCCN1S(=O)(=O)C=C. The minimum absolute atomic E-state index is 0.00445. The second-order valence-corrected chi connectivity index (χ2v) is 10.5. The first kappa shape index (κ1) is 20.6. The van der Waals surface area contributed by atoms with E-state index in [1.165, 1.54) is 0 Å². The lowest BCUT2D eigenvalue weighted by Crippen LogP contribution is -2.44. The summed E-state index contributed by atoms with van der Waals surface area (Å²) < 4.78 is 51.8. The zero-order valence-corrected chi connectivity index (χ0v) is 16.5. The van der Waals surface area contributed by atoms with E-state index in [2.05, 4.69) is 13.2 Å². The Bertz CT molecular complexity index is 615. The molecule has 25 heavy (non-hydrogen) atoms. The summed E-state index contributed by atoms with van der Waals surface area (Å²) in [7, 11) is -6.77. The quantitative estimate of drug-likeness (QED) is 0.639. The van der Waals surface area contributed by atoms with Gasteiger partial charge >= 0.3 is 0 Å². The lowest BCUT2D eigenvalue weighted by Gasteiger charge is -2.36. The van der Waals surface area contributed by atoms with E-state index < -0.39 is 20.0 Å². The molecule has 2 unspecified atom stereocenters. The van der Waals surface area contributed by atoms with Gasteiger partial charge in [0.25, 0.3) is 0 Å². The standard InChI is InChI=1S/C17H30N2O4S2/c1-3-24(20,21)18-14-7-5-10-16(18)12-9-13-17-11-6-8-15-19(17)25(22,23)4-2/h3-4,16-17H,1-2,5-15H2. The molecule has 8 heteroatoms. The van der Waals surface area contributed by atoms with Gasteiger partial charge in [-0.1, -0.05) is 32.4 Å². The highest BCUT2D eigenvalue weighted by molar-refractivity contribution is 7.92. The van der Waals surface area contributed by atoms with Gasteiger partial charge in [0.05, 0.1) is 0 Å². The van der Waals surface area contributed by atoms with Crippen LogP contribution in [-0.2, 0) is 20.0 Å². The van der Waals surface area contributed by atoms with E-state index in [0.29, 0.717) is 13.1 Å². The normalized spacial score (nSPS) is 27.0. The molecule has 2 saturated heterocycles. The smallest absolute Gasteiger partial charge is 0.208 e. The van der Waals surface area contributed by atoms with Crippen molar-refractivity contribution >= 4 is 20.0 Å². The van der Waals surface area contributed by atoms with Gasteiger partial charge in [0.15, 0.2) is 0 Å². The number of hydrogen-bond donors (Lipinski definition) is 0. The van der Waals surface area contributed by atoms with Crippen LogP contribution in [-0.4, -0.2) is 50.6 Å². The van der Waals surface area contributed by atoms with Crippen LogP contribution in [0.3, 0.4) is 0 Å². The Kier molecular flexibility index (Phi) is 7.25. The predicted molar refractivity (Wildman–Crippen MR) is 101 cm³/mol. The van der Waals surface area contributed by atoms with Gasteiger partial charge < -0.3 is 0 Å². The van der Waals surface area contributed by atoms with Gasteiger partial charge in [0.1, 0.15) is 0 Å². The molecule has 0 amide bonds. The van der Waals surface area contributed by atoms with Crippen LogP contribution < -0.4 is 0 Å². The molecule has 0 aromatic carbocycles. The Balaban J connectivity index is 1.95. The Morgan fingerprint density at radius 2 is 1.16 bits per heavy atom. The third kappa shape index (κ3) is 5.15. The molecule has 2 fully saturated rings. The fourth-order valence-corrected chi connectivity index (χ4v) is 6.38. The summed E-state index contributed by atoms with van der Waals surface area (Å²) in [6.07, 6.45) is 7.94. The van der Waals surface area contributed by atoms with E-state index in [-0.39, 0.29) is 12.1 Å². The molecule has 0 bridgehead atoms. The molecule has 2 rings (SSSR count). The second-order valence-electron chi connectivity index (χ2n) is 6.87. The van der Waals surface area contributed by atoms with Crippen molar-refractivity contribution in [3.63, 3.8) is 0 Å². The highest BCUT2D eigenvalue weighted by atomic mass is 32.2. The minimum Gasteiger partial charge on any atom is -0.208 e. The van der Waals surface area contributed by atoms with Crippen LogP contribution in [0.4, 0.5) is 0 Å². The molecule has 6 nitrogen and oxygen atoms in total. The number of rotatable bonds is 8. The van der Waals surface area contributed by atoms with Gasteiger partial charge in [0, 0.05) is 36.0 Å². The van der Waals surface area contributed by atoms with Crippen molar-refractivity contribution in [3.8, 4) is 0 Å². The molecule has 0 spiro atoms. The molecular weight excluding hydrogens is 360 g/mol. The van der Waals surface area contributed by atoms with Crippen molar-refractivity contribution in [1.29, 1.82) is 0 Å². The molecule has 2 atom stereocenters. The lowest BCUT2D eigenvalue weighted by atomic mass is 9.95. The van der Waals surface area contributed by atoms with E-state index >= 15 is 0 Å². The fourth-order valence-electron chi connectivity index (χ4n) is 3.98. The van der Waals surface area contributed by atoms with Gasteiger partial charge in [-0.15, -0.1) is 0 Å². The molecule has 144 valence electrons. The molecule has 0 radical (unpaired) electrons. The highest BCUT2D eigenvalue weighted by Crippen LogP contribution is 2.28. The van der Waals surface area contributed by atoms with Gasteiger partial charge in [-0.3, -0.25) is 0 Å². The Labute approximate surface area is 152 Å². The minimum atomic E-state index is -3.39. The van der Waals surface area contributed by atoms with Gasteiger partial charge in [-0.2, -0.15) is 8.61 Å². The van der Waals surface area contributed by atoms with E-state index in [1.807, 2.05) is 0 Å². The van der Waals surface area contributed by atoms with Crippen molar-refractivity contribution in [2.75, 3.05) is 13.1 Å². The van der Waals surface area contributed by atoms with E-state index in [0.717, 1.165) is 68.6 Å². The summed E-state index contributed by atoms with van der Waals surface area (Å²) in [5, 5.41) is 2.07. The molecule has 0 aliphatic carbocycles. The largest absolute Gasteiger partial charge is 0.235 e. The Morgan fingerprint density at radius 1 is 0.760 bits per heavy atom. The maximum atomic E-state index is 12.2. The summed E-state index contributed by atoms with van der Waals surface area (Å²) >= 11 is 0. The number of hydrogen-bond acceptors (Lipinski definition) is 4. The van der Waals surface area contributed by atoms with Crippen molar-refractivity contribution in [2.45, 2.75) is 69.9 Å². The first-order valence-electron chi connectivity index (χ1n) is 9.10. The zero-order valence-electron chi connectivity index (χ0n) is 14.8. The summed E-state index contributed by atoms with van der Waals surface area (Å²) in [6, 6.07) is 0.00889.